The van der Waals surface area contributed by atoms with Gasteiger partial charge in [-0.3, -0.25) is 4.79 Å². The number of carboxylic acids is 1. The summed E-state index contributed by atoms with van der Waals surface area (Å²) in [7, 11) is 0. The third kappa shape index (κ3) is 3.37. The largest absolute Gasteiger partial charge is 0.481 e. The van der Waals surface area contributed by atoms with Gasteiger partial charge in [-0.05, 0) is 23.8 Å². The number of rotatable bonds is 3. The van der Waals surface area contributed by atoms with E-state index in [1.165, 1.54) is 5.56 Å². The van der Waals surface area contributed by atoms with Crippen LogP contribution in [0, 0.1) is 12.3 Å². The van der Waals surface area contributed by atoms with Crippen LogP contribution in [0.1, 0.15) is 44.2 Å². The van der Waals surface area contributed by atoms with Crippen LogP contribution in [0.4, 0.5) is 0 Å². The van der Waals surface area contributed by atoms with E-state index in [0.717, 1.165) is 5.56 Å². The average molecular weight is 220 g/mol. The lowest BCUT2D eigenvalue weighted by atomic mass is 9.74. The molecule has 0 aliphatic heterocycles. The van der Waals surface area contributed by atoms with Gasteiger partial charge in [0, 0.05) is 0 Å². The number of hydrogen-bond donors (Lipinski definition) is 1. The van der Waals surface area contributed by atoms with Gasteiger partial charge < -0.3 is 5.11 Å². The van der Waals surface area contributed by atoms with E-state index in [1.807, 2.05) is 25.1 Å². The van der Waals surface area contributed by atoms with Gasteiger partial charge in [0.25, 0.3) is 0 Å². The zero-order valence-corrected chi connectivity index (χ0v) is 10.4. The van der Waals surface area contributed by atoms with Crippen LogP contribution >= 0.6 is 0 Å². The summed E-state index contributed by atoms with van der Waals surface area (Å²) in [5, 5.41) is 8.98. The fraction of sp³-hybridized carbons (Fsp3) is 0.500. The second-order valence-corrected chi connectivity index (χ2v) is 5.43. The summed E-state index contributed by atoms with van der Waals surface area (Å²) in [6.07, 6.45) is 0.187. The molecule has 2 nitrogen and oxygen atoms in total. The van der Waals surface area contributed by atoms with E-state index in [9.17, 15) is 4.79 Å². The Kier molecular flexibility index (Phi) is 3.74. The first-order valence-corrected chi connectivity index (χ1v) is 5.59. The average Bonchev–Trinajstić information content (AvgIpc) is 2.12. The molecule has 1 aromatic rings. The molecular weight excluding hydrogens is 200 g/mol. The normalized spacial score (nSPS) is 13.5. The number of aryl methyl sites for hydroxylation is 1. The van der Waals surface area contributed by atoms with Crippen molar-refractivity contribution >= 4 is 5.97 Å². The summed E-state index contributed by atoms with van der Waals surface area (Å²) < 4.78 is 0. The predicted molar refractivity (Wildman–Crippen MR) is 65.6 cm³/mol. The number of carbonyl (C=O) groups is 1. The molecule has 2 heteroatoms. The number of hydrogen-bond acceptors (Lipinski definition) is 1. The Bertz CT molecular complexity index is 375. The van der Waals surface area contributed by atoms with Gasteiger partial charge in [0.2, 0.25) is 0 Å². The highest BCUT2D eigenvalue weighted by atomic mass is 16.4. The molecular formula is C14H20O2. The molecule has 0 saturated heterocycles. The van der Waals surface area contributed by atoms with Crippen LogP contribution in [0.3, 0.4) is 0 Å². The van der Waals surface area contributed by atoms with Crippen LogP contribution in [0.25, 0.3) is 0 Å². The van der Waals surface area contributed by atoms with E-state index >= 15 is 0 Å². The van der Waals surface area contributed by atoms with Gasteiger partial charge in [0.05, 0.1) is 6.42 Å². The van der Waals surface area contributed by atoms with Crippen molar-refractivity contribution < 1.29 is 9.90 Å². The fourth-order valence-electron chi connectivity index (χ4n) is 1.99. The number of benzene rings is 1. The molecule has 0 aliphatic rings. The molecule has 0 aromatic heterocycles. The summed E-state index contributed by atoms with van der Waals surface area (Å²) in [5.74, 6) is -0.675. The van der Waals surface area contributed by atoms with E-state index in [0.29, 0.717) is 0 Å². The van der Waals surface area contributed by atoms with Gasteiger partial charge in [-0.15, -0.1) is 0 Å². The Morgan fingerprint density at radius 3 is 2.44 bits per heavy atom. The first-order valence-electron chi connectivity index (χ1n) is 5.59. The van der Waals surface area contributed by atoms with E-state index < -0.39 is 5.97 Å². The summed E-state index contributed by atoms with van der Waals surface area (Å²) in [6.45, 7) is 8.29. The highest BCUT2D eigenvalue weighted by Gasteiger charge is 2.28. The third-order valence-electron chi connectivity index (χ3n) is 2.87. The Hall–Kier alpha value is -1.31. The predicted octanol–water partition coefficient (Wildman–Crippen LogP) is 3.60. The van der Waals surface area contributed by atoms with Gasteiger partial charge in [0.1, 0.15) is 0 Å². The highest BCUT2D eigenvalue weighted by Crippen LogP contribution is 2.37. The maximum atomic E-state index is 10.9. The Balaban J connectivity index is 3.06. The lowest BCUT2D eigenvalue weighted by Gasteiger charge is -2.30. The molecule has 0 heterocycles. The Morgan fingerprint density at radius 1 is 1.38 bits per heavy atom. The molecule has 0 spiro atoms. The lowest BCUT2D eigenvalue weighted by molar-refractivity contribution is -0.138. The molecule has 88 valence electrons. The van der Waals surface area contributed by atoms with Crippen molar-refractivity contribution in [3.8, 4) is 0 Å². The minimum absolute atomic E-state index is 0.0355. The second kappa shape index (κ2) is 4.69. The molecule has 0 fully saturated rings. The quantitative estimate of drug-likeness (QED) is 0.845. The van der Waals surface area contributed by atoms with Crippen molar-refractivity contribution in [2.45, 2.75) is 40.0 Å². The van der Waals surface area contributed by atoms with Crippen molar-refractivity contribution in [2.75, 3.05) is 0 Å². The highest BCUT2D eigenvalue weighted by molar-refractivity contribution is 5.68. The molecule has 1 aromatic carbocycles. The second-order valence-electron chi connectivity index (χ2n) is 5.43. The number of carboxylic acid groups (broad SMARTS) is 1. The number of aliphatic carboxylic acids is 1. The maximum Gasteiger partial charge on any atom is 0.303 e. The van der Waals surface area contributed by atoms with Crippen LogP contribution in [-0.2, 0) is 4.79 Å². The molecule has 0 saturated carbocycles. The monoisotopic (exact) mass is 220 g/mol. The van der Waals surface area contributed by atoms with Gasteiger partial charge in [-0.2, -0.15) is 0 Å². The van der Waals surface area contributed by atoms with Crippen molar-refractivity contribution in [3.05, 3.63) is 35.4 Å². The minimum Gasteiger partial charge on any atom is -0.481 e. The molecule has 0 bridgehead atoms. The fourth-order valence-corrected chi connectivity index (χ4v) is 1.99. The lowest BCUT2D eigenvalue weighted by Crippen LogP contribution is -2.21. The Labute approximate surface area is 97.3 Å². The standard InChI is InChI=1S/C14H20O2/c1-10-6-5-7-11(8-10)12(9-13(15)16)14(2,3)4/h5-8,12H,9H2,1-4H3,(H,15,16). The Morgan fingerprint density at radius 2 is 2.00 bits per heavy atom. The van der Waals surface area contributed by atoms with Gasteiger partial charge in [-0.25, -0.2) is 0 Å². The molecule has 0 radical (unpaired) electrons. The SMILES string of the molecule is Cc1cccc(C(CC(=O)O)C(C)(C)C)c1. The van der Waals surface area contributed by atoms with Gasteiger partial charge in [0.15, 0.2) is 0 Å². The topological polar surface area (TPSA) is 37.3 Å². The van der Waals surface area contributed by atoms with E-state index in [-0.39, 0.29) is 17.8 Å². The minimum atomic E-state index is -0.735. The molecule has 1 rings (SSSR count). The summed E-state index contributed by atoms with van der Waals surface area (Å²) >= 11 is 0. The molecule has 1 N–H and O–H groups in total. The third-order valence-corrected chi connectivity index (χ3v) is 2.87. The van der Waals surface area contributed by atoms with Crippen molar-refractivity contribution in [1.82, 2.24) is 0 Å². The maximum absolute atomic E-state index is 10.9. The van der Waals surface area contributed by atoms with Crippen LogP contribution in [0.5, 0.6) is 0 Å². The van der Waals surface area contributed by atoms with Gasteiger partial charge >= 0.3 is 5.97 Å². The first-order chi connectivity index (χ1) is 7.30. The molecule has 1 atom stereocenters. The van der Waals surface area contributed by atoms with Crippen LogP contribution in [0.2, 0.25) is 0 Å². The van der Waals surface area contributed by atoms with Crippen molar-refractivity contribution in [1.29, 1.82) is 0 Å². The van der Waals surface area contributed by atoms with E-state index in [4.69, 9.17) is 5.11 Å². The van der Waals surface area contributed by atoms with Crippen LogP contribution < -0.4 is 0 Å². The molecule has 0 amide bonds. The van der Waals surface area contributed by atoms with Crippen molar-refractivity contribution in [2.24, 2.45) is 5.41 Å². The first kappa shape index (κ1) is 12.8. The zero-order valence-electron chi connectivity index (χ0n) is 10.4. The summed E-state index contributed by atoms with van der Waals surface area (Å²) in [5.41, 5.74) is 2.26. The van der Waals surface area contributed by atoms with Crippen molar-refractivity contribution in [3.63, 3.8) is 0 Å². The zero-order chi connectivity index (χ0) is 12.3. The summed E-state index contributed by atoms with van der Waals surface area (Å²) in [6, 6.07) is 8.12. The molecule has 0 aliphatic carbocycles. The van der Waals surface area contributed by atoms with Crippen LogP contribution in [0.15, 0.2) is 24.3 Å². The molecule has 1 unspecified atom stereocenters. The van der Waals surface area contributed by atoms with E-state index in [2.05, 4.69) is 26.8 Å². The molecule has 16 heavy (non-hydrogen) atoms. The van der Waals surface area contributed by atoms with E-state index in [1.54, 1.807) is 0 Å². The van der Waals surface area contributed by atoms with Crippen LogP contribution in [-0.4, -0.2) is 11.1 Å². The smallest absolute Gasteiger partial charge is 0.303 e. The summed E-state index contributed by atoms with van der Waals surface area (Å²) in [4.78, 5) is 10.9. The van der Waals surface area contributed by atoms with Gasteiger partial charge in [-0.1, -0.05) is 50.6 Å².